The summed E-state index contributed by atoms with van der Waals surface area (Å²) in [5, 5.41) is 5.44. The minimum atomic E-state index is -4.86. The molecular formula is C21H30F3N3O4. The van der Waals surface area contributed by atoms with E-state index in [2.05, 4.69) is 20.3 Å². The molecule has 0 radical (unpaired) electrons. The maximum Gasteiger partial charge on any atom is 0.573 e. The van der Waals surface area contributed by atoms with Gasteiger partial charge in [0.1, 0.15) is 11.4 Å². The molecule has 0 spiro atoms. The lowest BCUT2D eigenvalue weighted by Crippen LogP contribution is -2.42. The summed E-state index contributed by atoms with van der Waals surface area (Å²) in [6.07, 6.45) is -3.62. The van der Waals surface area contributed by atoms with Crippen molar-refractivity contribution >= 4 is 12.0 Å². The fraction of sp³-hybridized carbons (Fsp3) is 0.619. The first-order valence-corrected chi connectivity index (χ1v) is 10.2. The van der Waals surface area contributed by atoms with E-state index in [-0.39, 0.29) is 11.5 Å². The largest absolute Gasteiger partial charge is 0.573 e. The van der Waals surface area contributed by atoms with Gasteiger partial charge in [0.15, 0.2) is 0 Å². The predicted molar refractivity (Wildman–Crippen MR) is 109 cm³/mol. The van der Waals surface area contributed by atoms with Crippen LogP contribution in [0.25, 0.3) is 0 Å². The summed E-state index contributed by atoms with van der Waals surface area (Å²) >= 11 is 0. The van der Waals surface area contributed by atoms with E-state index in [1.54, 1.807) is 20.8 Å². The Hall–Kier alpha value is -2.49. The predicted octanol–water partition coefficient (Wildman–Crippen LogP) is 3.55. The van der Waals surface area contributed by atoms with Gasteiger partial charge in [-0.2, -0.15) is 0 Å². The molecule has 1 aliphatic rings. The molecule has 2 amide bonds. The van der Waals surface area contributed by atoms with Crippen LogP contribution in [0.15, 0.2) is 24.3 Å². The molecule has 174 valence electrons. The Labute approximate surface area is 180 Å². The van der Waals surface area contributed by atoms with Crippen molar-refractivity contribution in [3.05, 3.63) is 29.8 Å². The number of nitrogens with one attached hydrogen (secondary N) is 2. The van der Waals surface area contributed by atoms with E-state index in [0.717, 1.165) is 32.0 Å². The van der Waals surface area contributed by atoms with Crippen LogP contribution in [-0.2, 0) is 4.74 Å². The molecule has 0 atom stereocenters. The Morgan fingerprint density at radius 1 is 1.10 bits per heavy atom. The smallest absolute Gasteiger partial charge is 0.444 e. The second-order valence-corrected chi connectivity index (χ2v) is 8.47. The van der Waals surface area contributed by atoms with Crippen molar-refractivity contribution < 1.29 is 32.2 Å². The van der Waals surface area contributed by atoms with Gasteiger partial charge in [-0.05, 0) is 64.8 Å². The van der Waals surface area contributed by atoms with Crippen LogP contribution in [0.1, 0.15) is 44.0 Å². The van der Waals surface area contributed by atoms with Gasteiger partial charge in [-0.3, -0.25) is 4.79 Å². The third-order valence-corrected chi connectivity index (χ3v) is 4.71. The van der Waals surface area contributed by atoms with Crippen molar-refractivity contribution in [2.75, 3.05) is 32.7 Å². The van der Waals surface area contributed by atoms with Gasteiger partial charge >= 0.3 is 12.5 Å². The number of alkyl halides is 3. The molecule has 1 heterocycles. The van der Waals surface area contributed by atoms with Gasteiger partial charge in [0.05, 0.1) is 5.56 Å². The molecule has 0 saturated carbocycles. The van der Waals surface area contributed by atoms with E-state index in [4.69, 9.17) is 4.74 Å². The van der Waals surface area contributed by atoms with E-state index < -0.39 is 29.7 Å². The highest BCUT2D eigenvalue weighted by Gasteiger charge is 2.33. The molecule has 1 fully saturated rings. The zero-order valence-corrected chi connectivity index (χ0v) is 18.1. The molecule has 7 nitrogen and oxygen atoms in total. The Balaban J connectivity index is 1.71. The summed E-state index contributed by atoms with van der Waals surface area (Å²) in [6.45, 7) is 8.58. The molecule has 1 aromatic rings. The monoisotopic (exact) mass is 445 g/mol. The quantitative estimate of drug-likeness (QED) is 0.671. The summed E-state index contributed by atoms with van der Waals surface area (Å²) in [6, 6.07) is 5.29. The minimum absolute atomic E-state index is 0.148. The Morgan fingerprint density at radius 2 is 1.74 bits per heavy atom. The number of nitrogens with zero attached hydrogens (tertiary/aromatic N) is 1. The van der Waals surface area contributed by atoms with Crippen LogP contribution < -0.4 is 15.4 Å². The zero-order valence-electron chi connectivity index (χ0n) is 18.1. The van der Waals surface area contributed by atoms with Crippen molar-refractivity contribution in [3.8, 4) is 5.75 Å². The van der Waals surface area contributed by atoms with Gasteiger partial charge in [-0.25, -0.2) is 4.79 Å². The summed E-state index contributed by atoms with van der Waals surface area (Å²) in [5.74, 6) is -0.877. The SMILES string of the molecule is CC(C)(C)OC(=O)NCCN1CCC(CNC(=O)c2ccccc2OC(F)(F)F)CC1. The maximum atomic E-state index is 12.5. The average Bonchev–Trinajstić information content (AvgIpc) is 2.65. The van der Waals surface area contributed by atoms with Gasteiger partial charge in [0.2, 0.25) is 0 Å². The Morgan fingerprint density at radius 3 is 2.35 bits per heavy atom. The number of para-hydroxylation sites is 1. The summed E-state index contributed by atoms with van der Waals surface area (Å²) in [4.78, 5) is 26.2. The maximum absolute atomic E-state index is 12.5. The second kappa shape index (κ2) is 10.7. The molecule has 31 heavy (non-hydrogen) atoms. The van der Waals surface area contributed by atoms with Gasteiger partial charge in [0.25, 0.3) is 5.91 Å². The lowest BCUT2D eigenvalue weighted by Gasteiger charge is -2.32. The van der Waals surface area contributed by atoms with Gasteiger partial charge in [-0.1, -0.05) is 12.1 Å². The van der Waals surface area contributed by atoms with Gasteiger partial charge < -0.3 is 25.0 Å². The number of alkyl carbamates (subject to hydrolysis) is 1. The molecule has 1 saturated heterocycles. The van der Waals surface area contributed by atoms with Crippen LogP contribution in [0.4, 0.5) is 18.0 Å². The first-order chi connectivity index (χ1) is 14.4. The number of ether oxygens (including phenoxy) is 2. The first kappa shape index (κ1) is 24.8. The molecule has 2 N–H and O–H groups in total. The summed E-state index contributed by atoms with van der Waals surface area (Å²) in [7, 11) is 0. The number of amides is 2. The molecule has 0 aromatic heterocycles. The molecular weight excluding hydrogens is 415 g/mol. The number of benzene rings is 1. The number of halogens is 3. The van der Waals surface area contributed by atoms with Crippen molar-refractivity contribution in [1.82, 2.24) is 15.5 Å². The van der Waals surface area contributed by atoms with Crippen LogP contribution in [0.3, 0.4) is 0 Å². The zero-order chi connectivity index (χ0) is 23.1. The molecule has 0 bridgehead atoms. The number of piperidine rings is 1. The third kappa shape index (κ3) is 9.46. The number of carbonyl (C=O) groups is 2. The van der Waals surface area contributed by atoms with Gasteiger partial charge in [-0.15, -0.1) is 13.2 Å². The molecule has 1 aliphatic heterocycles. The van der Waals surface area contributed by atoms with E-state index in [1.165, 1.54) is 18.2 Å². The fourth-order valence-corrected chi connectivity index (χ4v) is 3.24. The number of rotatable bonds is 7. The third-order valence-electron chi connectivity index (χ3n) is 4.71. The van der Waals surface area contributed by atoms with Gasteiger partial charge in [0, 0.05) is 19.6 Å². The van der Waals surface area contributed by atoms with Crippen molar-refractivity contribution in [1.29, 1.82) is 0 Å². The lowest BCUT2D eigenvalue weighted by atomic mass is 9.96. The van der Waals surface area contributed by atoms with E-state index in [1.807, 2.05) is 0 Å². The van der Waals surface area contributed by atoms with E-state index in [9.17, 15) is 22.8 Å². The number of carbonyl (C=O) groups excluding carboxylic acids is 2. The highest BCUT2D eigenvalue weighted by Crippen LogP contribution is 2.26. The molecule has 1 aromatic carbocycles. The highest BCUT2D eigenvalue weighted by atomic mass is 19.4. The van der Waals surface area contributed by atoms with Crippen molar-refractivity contribution in [2.24, 2.45) is 5.92 Å². The molecule has 0 unspecified atom stereocenters. The normalized spacial score (nSPS) is 15.9. The van der Waals surface area contributed by atoms with Crippen LogP contribution in [0.5, 0.6) is 5.75 Å². The summed E-state index contributed by atoms with van der Waals surface area (Å²) < 4.78 is 46.7. The number of likely N-dealkylation sites (tertiary alicyclic amines) is 1. The number of hydrogen-bond donors (Lipinski definition) is 2. The Bertz CT molecular complexity index is 742. The molecule has 2 rings (SSSR count). The van der Waals surface area contributed by atoms with Crippen LogP contribution in [0.2, 0.25) is 0 Å². The summed E-state index contributed by atoms with van der Waals surface area (Å²) in [5.41, 5.74) is -0.683. The standard InChI is InChI=1S/C21H30F3N3O4/c1-20(2,3)31-19(29)25-10-13-27-11-8-15(9-12-27)14-26-18(28)16-6-4-5-7-17(16)30-21(22,23)24/h4-7,15H,8-14H2,1-3H3,(H,25,29)(H,26,28). The highest BCUT2D eigenvalue weighted by molar-refractivity contribution is 5.96. The molecule has 0 aliphatic carbocycles. The van der Waals surface area contributed by atoms with Crippen molar-refractivity contribution in [3.63, 3.8) is 0 Å². The number of hydrogen-bond acceptors (Lipinski definition) is 5. The Kier molecular flexibility index (Phi) is 8.55. The van der Waals surface area contributed by atoms with Crippen LogP contribution in [-0.4, -0.2) is 61.6 Å². The van der Waals surface area contributed by atoms with Crippen molar-refractivity contribution in [2.45, 2.75) is 45.6 Å². The molecule has 10 heteroatoms. The second-order valence-electron chi connectivity index (χ2n) is 8.47. The average molecular weight is 445 g/mol. The lowest BCUT2D eigenvalue weighted by molar-refractivity contribution is -0.274. The van der Waals surface area contributed by atoms with E-state index in [0.29, 0.717) is 19.6 Å². The fourth-order valence-electron chi connectivity index (χ4n) is 3.24. The first-order valence-electron chi connectivity index (χ1n) is 10.2. The van der Waals surface area contributed by atoms with E-state index >= 15 is 0 Å². The van der Waals surface area contributed by atoms with Crippen LogP contribution >= 0.6 is 0 Å². The topological polar surface area (TPSA) is 79.9 Å². The minimum Gasteiger partial charge on any atom is -0.444 e. The van der Waals surface area contributed by atoms with Crippen LogP contribution in [0, 0.1) is 5.92 Å².